The van der Waals surface area contributed by atoms with Crippen molar-refractivity contribution in [3.8, 4) is 17.0 Å². The van der Waals surface area contributed by atoms with Crippen molar-refractivity contribution >= 4 is 38.8 Å². The van der Waals surface area contributed by atoms with E-state index < -0.39 is 38.0 Å². The number of rotatable bonds is 11. The molecule has 226 valence electrons. The van der Waals surface area contributed by atoms with Gasteiger partial charge in [0.15, 0.2) is 5.82 Å². The lowest BCUT2D eigenvalue weighted by Crippen LogP contribution is -2.22. The third-order valence-electron chi connectivity index (χ3n) is 5.36. The van der Waals surface area contributed by atoms with E-state index in [0.29, 0.717) is 36.2 Å². The van der Waals surface area contributed by atoms with E-state index in [1.54, 1.807) is 20.8 Å². The van der Waals surface area contributed by atoms with Crippen LogP contribution in [0.1, 0.15) is 39.2 Å². The minimum absolute atomic E-state index is 0.0720. The summed E-state index contributed by atoms with van der Waals surface area (Å²) in [6.45, 7) is 5.49. The van der Waals surface area contributed by atoms with Gasteiger partial charge < -0.3 is 14.8 Å². The topological polar surface area (TPSA) is 146 Å². The Kier molecular flexibility index (Phi) is 10.7. The number of amides is 1. The number of ether oxygens (including phenoxy) is 2. The number of nitro benzene ring substituents is 1. The van der Waals surface area contributed by atoms with Gasteiger partial charge in [0, 0.05) is 30.1 Å². The number of nitrogens with zero attached hydrogens (tertiary/aromatic N) is 4. The first-order valence-corrected chi connectivity index (χ1v) is 15.1. The maximum Gasteiger partial charge on any atom is 0.442 e. The number of carbonyl (C=O) groups excluding carboxylic acids is 1. The second kappa shape index (κ2) is 13.8. The molecule has 0 fully saturated rings. The molecule has 1 unspecified atom stereocenters. The maximum atomic E-state index is 14.3. The van der Waals surface area contributed by atoms with Crippen molar-refractivity contribution in [2.45, 2.75) is 45.0 Å². The van der Waals surface area contributed by atoms with Crippen LogP contribution < -0.4 is 10.1 Å². The molecule has 1 aromatic heterocycles. The van der Waals surface area contributed by atoms with Crippen molar-refractivity contribution in [1.29, 1.82) is 0 Å². The highest BCUT2D eigenvalue weighted by molar-refractivity contribution is 7.92. The molecule has 0 aliphatic rings. The SMILES string of the molecule is CC(C)(C)OC(=O)N=S(C)(=O)Cc1cc(OCCCCNc2cc(F)ccc2-c2nc(Cl)ncc2F)cc([N+](=O)[O-])c1. The Bertz CT molecular complexity index is 1590. The summed E-state index contributed by atoms with van der Waals surface area (Å²) in [4.78, 5) is 30.4. The van der Waals surface area contributed by atoms with E-state index >= 15 is 0 Å². The van der Waals surface area contributed by atoms with Crippen LogP contribution in [-0.4, -0.2) is 50.2 Å². The molecule has 1 atom stereocenters. The van der Waals surface area contributed by atoms with Gasteiger partial charge in [0.2, 0.25) is 5.28 Å². The number of benzene rings is 2. The molecular weight excluding hydrogens is 596 g/mol. The van der Waals surface area contributed by atoms with Crippen molar-refractivity contribution in [3.63, 3.8) is 0 Å². The molecule has 3 aromatic rings. The summed E-state index contributed by atoms with van der Waals surface area (Å²) in [5.74, 6) is -1.29. The van der Waals surface area contributed by atoms with Crippen LogP contribution in [0.5, 0.6) is 5.75 Å². The Hall–Kier alpha value is -3.91. The lowest BCUT2D eigenvalue weighted by Gasteiger charge is -2.17. The van der Waals surface area contributed by atoms with Gasteiger partial charge in [-0.25, -0.2) is 27.8 Å². The fourth-order valence-corrected chi connectivity index (χ4v) is 5.07. The zero-order valence-corrected chi connectivity index (χ0v) is 24.9. The first kappa shape index (κ1) is 32.6. The Morgan fingerprint density at radius 3 is 2.62 bits per heavy atom. The largest absolute Gasteiger partial charge is 0.493 e. The molecule has 0 bridgehead atoms. The summed E-state index contributed by atoms with van der Waals surface area (Å²) >= 11 is 5.80. The molecule has 2 aromatic carbocycles. The van der Waals surface area contributed by atoms with Gasteiger partial charge in [-0.3, -0.25) is 10.1 Å². The predicted molar refractivity (Wildman–Crippen MR) is 155 cm³/mol. The maximum absolute atomic E-state index is 14.3. The average molecular weight is 626 g/mol. The zero-order valence-electron chi connectivity index (χ0n) is 23.4. The number of carbonyl (C=O) groups is 1. The number of halogens is 3. The van der Waals surface area contributed by atoms with Gasteiger partial charge in [-0.2, -0.15) is 0 Å². The van der Waals surface area contributed by atoms with E-state index in [1.807, 2.05) is 0 Å². The van der Waals surface area contributed by atoms with Crippen LogP contribution >= 0.6 is 11.6 Å². The number of hydrogen-bond donors (Lipinski definition) is 1. The molecule has 15 heteroatoms. The molecule has 0 aliphatic carbocycles. The van der Waals surface area contributed by atoms with Gasteiger partial charge in [-0.1, -0.05) is 0 Å². The smallest absolute Gasteiger partial charge is 0.442 e. The lowest BCUT2D eigenvalue weighted by molar-refractivity contribution is -0.385. The number of nitro groups is 1. The minimum atomic E-state index is -3.11. The molecule has 0 aliphatic heterocycles. The summed E-state index contributed by atoms with van der Waals surface area (Å²) in [5.41, 5.74) is -0.237. The molecule has 0 spiro atoms. The molecule has 1 N–H and O–H groups in total. The molecule has 11 nitrogen and oxygen atoms in total. The monoisotopic (exact) mass is 625 g/mol. The van der Waals surface area contributed by atoms with Crippen molar-refractivity contribution in [1.82, 2.24) is 9.97 Å². The standard InChI is InChI=1S/C27H30ClF2N5O6S/c1-27(2,3)41-26(36)34-42(4,39)16-17-11-19(35(37)38)14-20(12-17)40-10-6-5-9-31-23-13-18(29)7-8-21(23)24-22(30)15-32-25(28)33-24/h7-8,11-15,31H,5-6,9-10,16H2,1-4H3. The Labute approximate surface area is 247 Å². The lowest BCUT2D eigenvalue weighted by atomic mass is 10.1. The second-order valence-corrected chi connectivity index (χ2v) is 13.0. The quantitative estimate of drug-likeness (QED) is 0.105. The molecule has 42 heavy (non-hydrogen) atoms. The molecule has 0 radical (unpaired) electrons. The van der Waals surface area contributed by atoms with Gasteiger partial charge in [0.25, 0.3) is 5.69 Å². The summed E-state index contributed by atoms with van der Waals surface area (Å²) < 4.78 is 55.6. The Morgan fingerprint density at radius 1 is 1.19 bits per heavy atom. The van der Waals surface area contributed by atoms with E-state index in [2.05, 4.69) is 19.6 Å². The van der Waals surface area contributed by atoms with Crippen LogP contribution in [0, 0.1) is 21.7 Å². The Balaban J connectivity index is 1.62. The first-order chi connectivity index (χ1) is 19.6. The molecule has 0 saturated carbocycles. The van der Waals surface area contributed by atoms with Gasteiger partial charge in [-0.15, -0.1) is 4.36 Å². The van der Waals surface area contributed by atoms with Crippen LogP contribution in [0.2, 0.25) is 5.28 Å². The third kappa shape index (κ3) is 10.2. The average Bonchev–Trinajstić information content (AvgIpc) is 2.85. The first-order valence-electron chi connectivity index (χ1n) is 12.7. The molecule has 1 heterocycles. The predicted octanol–water partition coefficient (Wildman–Crippen LogP) is 6.79. The van der Waals surface area contributed by atoms with E-state index in [9.17, 15) is 27.9 Å². The Morgan fingerprint density at radius 2 is 1.93 bits per heavy atom. The van der Waals surface area contributed by atoms with Crippen LogP contribution in [0.25, 0.3) is 11.3 Å². The van der Waals surface area contributed by atoms with E-state index in [-0.39, 0.29) is 34.8 Å². The van der Waals surface area contributed by atoms with E-state index in [0.717, 1.165) is 6.20 Å². The van der Waals surface area contributed by atoms with E-state index in [4.69, 9.17) is 21.1 Å². The van der Waals surface area contributed by atoms with E-state index in [1.165, 1.54) is 42.7 Å². The number of aromatic nitrogens is 2. The normalized spacial score (nSPS) is 12.7. The highest BCUT2D eigenvalue weighted by Gasteiger charge is 2.19. The number of anilines is 1. The number of unbranched alkanes of at least 4 members (excludes halogenated alkanes) is 1. The number of non-ortho nitro benzene ring substituents is 1. The highest BCUT2D eigenvalue weighted by atomic mass is 35.5. The van der Waals surface area contributed by atoms with Gasteiger partial charge in [0.05, 0.1) is 39.3 Å². The second-order valence-electron chi connectivity index (χ2n) is 10.3. The summed E-state index contributed by atoms with van der Waals surface area (Å²) in [6.07, 6.45) is 2.26. The molecular formula is C27H30ClF2N5O6S. The fourth-order valence-electron chi connectivity index (χ4n) is 3.74. The number of nitrogens with one attached hydrogen (secondary N) is 1. The number of hydrogen-bond acceptors (Lipinski definition) is 9. The van der Waals surface area contributed by atoms with Crippen LogP contribution in [-0.2, 0) is 20.2 Å². The van der Waals surface area contributed by atoms with Crippen molar-refractivity contribution in [2.24, 2.45) is 4.36 Å². The van der Waals surface area contributed by atoms with Crippen LogP contribution in [0.15, 0.2) is 47.0 Å². The van der Waals surface area contributed by atoms with Crippen molar-refractivity contribution in [2.75, 3.05) is 24.7 Å². The van der Waals surface area contributed by atoms with Gasteiger partial charge in [0.1, 0.15) is 22.9 Å². The summed E-state index contributed by atoms with van der Waals surface area (Å²) in [5, 5.41) is 14.4. The van der Waals surface area contributed by atoms with Crippen LogP contribution in [0.4, 0.5) is 25.0 Å². The van der Waals surface area contributed by atoms with Crippen molar-refractivity contribution < 1.29 is 32.2 Å². The molecule has 3 rings (SSSR count). The minimum Gasteiger partial charge on any atom is -0.493 e. The molecule has 0 saturated heterocycles. The summed E-state index contributed by atoms with van der Waals surface area (Å²) in [6, 6.07) is 7.77. The zero-order chi connectivity index (χ0) is 31.1. The fraction of sp³-hybridized carbons (Fsp3) is 0.370. The molecule has 1 amide bonds. The van der Waals surface area contributed by atoms with Gasteiger partial charge >= 0.3 is 6.09 Å². The van der Waals surface area contributed by atoms with Gasteiger partial charge in [-0.05, 0) is 75.0 Å². The van der Waals surface area contributed by atoms with Crippen LogP contribution in [0.3, 0.4) is 0 Å². The van der Waals surface area contributed by atoms with Crippen molar-refractivity contribution in [3.05, 3.63) is 75.2 Å². The third-order valence-corrected chi connectivity index (χ3v) is 6.95. The highest BCUT2D eigenvalue weighted by Crippen LogP contribution is 2.30. The summed E-state index contributed by atoms with van der Waals surface area (Å²) in [7, 11) is -3.11.